The van der Waals surface area contributed by atoms with Crippen LogP contribution in [0, 0.1) is 19.8 Å². The van der Waals surface area contributed by atoms with Gasteiger partial charge in [-0.05, 0) is 38.8 Å². The van der Waals surface area contributed by atoms with Gasteiger partial charge in [-0.2, -0.15) is 5.10 Å². The Bertz CT molecular complexity index is 906. The summed E-state index contributed by atoms with van der Waals surface area (Å²) in [5.74, 6) is 1.26. The van der Waals surface area contributed by atoms with Crippen molar-refractivity contribution in [3.8, 4) is 5.82 Å². The van der Waals surface area contributed by atoms with Crippen molar-refractivity contribution in [3.63, 3.8) is 0 Å². The van der Waals surface area contributed by atoms with E-state index in [-0.39, 0.29) is 11.5 Å². The molecule has 2 aliphatic rings. The van der Waals surface area contributed by atoms with Crippen LogP contribution >= 0.6 is 0 Å². The summed E-state index contributed by atoms with van der Waals surface area (Å²) in [7, 11) is 0. The number of aromatic nitrogens is 4. The molecule has 2 aromatic heterocycles. The van der Waals surface area contributed by atoms with Crippen LogP contribution < -0.4 is 5.56 Å². The number of aryl methyl sites for hydroxylation is 2. The molecule has 150 valence electrons. The molecule has 0 unspecified atom stereocenters. The molecule has 1 saturated heterocycles. The second-order valence-corrected chi connectivity index (χ2v) is 7.89. The number of hydrogen-bond acceptors (Lipinski definition) is 5. The zero-order valence-corrected chi connectivity index (χ0v) is 16.7. The minimum Gasteiger partial charge on any atom is -0.340 e. The van der Waals surface area contributed by atoms with E-state index in [2.05, 4.69) is 15.1 Å². The van der Waals surface area contributed by atoms with Gasteiger partial charge in [-0.3, -0.25) is 14.5 Å². The number of hydrogen-bond donors (Lipinski definition) is 0. The van der Waals surface area contributed by atoms with Crippen molar-refractivity contribution in [1.82, 2.24) is 29.4 Å². The van der Waals surface area contributed by atoms with Crippen molar-refractivity contribution >= 4 is 5.91 Å². The number of amides is 1. The Labute approximate surface area is 164 Å². The SMILES string of the molecule is Cc1cc(C)n(-c2ccc(=O)n(CCN3CCN(C(=O)C4CCC4)CC3)n2)n1. The van der Waals surface area contributed by atoms with Gasteiger partial charge < -0.3 is 4.90 Å². The van der Waals surface area contributed by atoms with Gasteiger partial charge in [0.1, 0.15) is 0 Å². The molecule has 0 aromatic carbocycles. The summed E-state index contributed by atoms with van der Waals surface area (Å²) in [5.41, 5.74) is 1.80. The predicted octanol–water partition coefficient (Wildman–Crippen LogP) is 0.990. The third-order valence-corrected chi connectivity index (χ3v) is 5.85. The highest BCUT2D eigenvalue weighted by Crippen LogP contribution is 2.28. The zero-order valence-electron chi connectivity index (χ0n) is 16.7. The molecule has 1 amide bonds. The average Bonchev–Trinajstić information content (AvgIpc) is 2.98. The largest absolute Gasteiger partial charge is 0.340 e. The minimum absolute atomic E-state index is 0.107. The van der Waals surface area contributed by atoms with Crippen LogP contribution in [-0.4, -0.2) is 68.0 Å². The van der Waals surface area contributed by atoms with Crippen molar-refractivity contribution in [2.75, 3.05) is 32.7 Å². The van der Waals surface area contributed by atoms with Crippen LogP contribution in [-0.2, 0) is 11.3 Å². The fourth-order valence-electron chi connectivity index (χ4n) is 3.91. The summed E-state index contributed by atoms with van der Waals surface area (Å²) in [4.78, 5) is 28.9. The van der Waals surface area contributed by atoms with Crippen molar-refractivity contribution in [3.05, 3.63) is 39.9 Å². The van der Waals surface area contributed by atoms with Crippen LogP contribution in [0.25, 0.3) is 5.82 Å². The van der Waals surface area contributed by atoms with Crippen molar-refractivity contribution < 1.29 is 4.79 Å². The fraction of sp³-hybridized carbons (Fsp3) is 0.600. The first kappa shape index (κ1) is 18.9. The molecule has 1 aliphatic carbocycles. The van der Waals surface area contributed by atoms with Crippen LogP contribution in [0.5, 0.6) is 0 Å². The van der Waals surface area contributed by atoms with Crippen molar-refractivity contribution in [2.24, 2.45) is 5.92 Å². The van der Waals surface area contributed by atoms with Crippen LogP contribution in [0.4, 0.5) is 0 Å². The molecular weight excluding hydrogens is 356 g/mol. The van der Waals surface area contributed by atoms with Crippen LogP contribution in [0.2, 0.25) is 0 Å². The normalized spacial score (nSPS) is 18.3. The number of piperazine rings is 1. The van der Waals surface area contributed by atoms with E-state index >= 15 is 0 Å². The Morgan fingerprint density at radius 2 is 1.82 bits per heavy atom. The van der Waals surface area contributed by atoms with Gasteiger partial charge in [-0.1, -0.05) is 6.42 Å². The Morgan fingerprint density at radius 1 is 1.07 bits per heavy atom. The van der Waals surface area contributed by atoms with Crippen LogP contribution in [0.15, 0.2) is 23.0 Å². The fourth-order valence-corrected chi connectivity index (χ4v) is 3.91. The molecule has 28 heavy (non-hydrogen) atoms. The van der Waals surface area contributed by atoms with E-state index in [0.29, 0.717) is 18.3 Å². The lowest BCUT2D eigenvalue weighted by Gasteiger charge is -2.38. The Morgan fingerprint density at radius 3 is 2.43 bits per heavy atom. The molecule has 3 heterocycles. The van der Waals surface area contributed by atoms with Crippen LogP contribution in [0.3, 0.4) is 0 Å². The molecule has 2 aromatic rings. The second kappa shape index (κ2) is 7.87. The molecule has 0 N–H and O–H groups in total. The van der Waals surface area contributed by atoms with Gasteiger partial charge >= 0.3 is 0 Å². The van der Waals surface area contributed by atoms with Gasteiger partial charge in [0.15, 0.2) is 5.82 Å². The summed E-state index contributed by atoms with van der Waals surface area (Å²) in [6.45, 7) is 8.46. The maximum absolute atomic E-state index is 12.4. The third-order valence-electron chi connectivity index (χ3n) is 5.85. The first-order valence-electron chi connectivity index (χ1n) is 10.1. The molecule has 8 heteroatoms. The smallest absolute Gasteiger partial charge is 0.266 e. The van der Waals surface area contributed by atoms with E-state index in [4.69, 9.17) is 0 Å². The van der Waals surface area contributed by atoms with E-state index in [1.165, 1.54) is 11.1 Å². The number of nitrogens with zero attached hydrogens (tertiary/aromatic N) is 6. The van der Waals surface area contributed by atoms with E-state index in [1.807, 2.05) is 24.8 Å². The van der Waals surface area contributed by atoms with Gasteiger partial charge in [-0.15, -0.1) is 5.10 Å². The van der Waals surface area contributed by atoms with E-state index in [0.717, 1.165) is 57.0 Å². The monoisotopic (exact) mass is 384 g/mol. The van der Waals surface area contributed by atoms with Gasteiger partial charge in [0.2, 0.25) is 5.91 Å². The Kier molecular flexibility index (Phi) is 5.30. The molecule has 0 atom stereocenters. The third kappa shape index (κ3) is 3.87. The quantitative estimate of drug-likeness (QED) is 0.768. The summed E-state index contributed by atoms with van der Waals surface area (Å²) in [6, 6.07) is 5.25. The summed E-state index contributed by atoms with van der Waals surface area (Å²) in [6.07, 6.45) is 3.30. The van der Waals surface area contributed by atoms with E-state index < -0.39 is 0 Å². The lowest BCUT2D eigenvalue weighted by molar-refractivity contribution is -0.139. The summed E-state index contributed by atoms with van der Waals surface area (Å²) < 4.78 is 3.27. The number of rotatable bonds is 5. The molecule has 0 spiro atoms. The maximum atomic E-state index is 12.4. The van der Waals surface area contributed by atoms with E-state index in [1.54, 1.807) is 16.8 Å². The van der Waals surface area contributed by atoms with E-state index in [9.17, 15) is 9.59 Å². The Hall–Kier alpha value is -2.48. The molecule has 2 fully saturated rings. The molecule has 0 radical (unpaired) electrons. The molecule has 0 bridgehead atoms. The number of carbonyl (C=O) groups excluding carboxylic acids is 1. The highest BCUT2D eigenvalue weighted by Gasteiger charge is 2.31. The molecule has 4 rings (SSSR count). The lowest BCUT2D eigenvalue weighted by atomic mass is 9.84. The maximum Gasteiger partial charge on any atom is 0.266 e. The molecule has 1 aliphatic heterocycles. The van der Waals surface area contributed by atoms with Gasteiger partial charge in [-0.25, -0.2) is 9.36 Å². The van der Waals surface area contributed by atoms with Crippen molar-refractivity contribution in [2.45, 2.75) is 39.7 Å². The topological polar surface area (TPSA) is 76.3 Å². The first-order valence-corrected chi connectivity index (χ1v) is 10.1. The van der Waals surface area contributed by atoms with Crippen molar-refractivity contribution in [1.29, 1.82) is 0 Å². The second-order valence-electron chi connectivity index (χ2n) is 7.89. The minimum atomic E-state index is -0.107. The highest BCUT2D eigenvalue weighted by atomic mass is 16.2. The summed E-state index contributed by atoms with van der Waals surface area (Å²) in [5, 5.41) is 8.94. The zero-order chi connectivity index (χ0) is 19.7. The summed E-state index contributed by atoms with van der Waals surface area (Å²) >= 11 is 0. The molecule has 1 saturated carbocycles. The Balaban J connectivity index is 1.35. The molecular formula is C20H28N6O2. The average molecular weight is 384 g/mol. The molecule has 8 nitrogen and oxygen atoms in total. The highest BCUT2D eigenvalue weighted by molar-refractivity contribution is 5.79. The predicted molar refractivity (Wildman–Crippen MR) is 105 cm³/mol. The first-order chi connectivity index (χ1) is 13.5. The number of carbonyl (C=O) groups is 1. The van der Waals surface area contributed by atoms with Gasteiger partial charge in [0.25, 0.3) is 5.56 Å². The van der Waals surface area contributed by atoms with Crippen LogP contribution in [0.1, 0.15) is 30.7 Å². The van der Waals surface area contributed by atoms with Gasteiger partial charge in [0.05, 0.1) is 12.2 Å². The standard InChI is InChI=1S/C20H28N6O2/c1-15-14-16(2)26(21-15)18-6-7-19(27)25(22-18)13-10-23-8-11-24(12-9-23)20(28)17-4-3-5-17/h6-7,14,17H,3-5,8-13H2,1-2H3. The van der Waals surface area contributed by atoms with Gasteiger partial charge in [0, 0.05) is 50.4 Å². The lowest BCUT2D eigenvalue weighted by Crippen LogP contribution is -2.51.